The van der Waals surface area contributed by atoms with Gasteiger partial charge in [0.1, 0.15) is 5.75 Å². The summed E-state index contributed by atoms with van der Waals surface area (Å²) in [5.41, 5.74) is 1.78. The molecule has 0 atom stereocenters. The van der Waals surface area contributed by atoms with Crippen LogP contribution in [-0.4, -0.2) is 31.5 Å². The van der Waals surface area contributed by atoms with Gasteiger partial charge in [-0.25, -0.2) is 0 Å². The molecule has 1 aliphatic rings. The van der Waals surface area contributed by atoms with Crippen molar-refractivity contribution < 1.29 is 14.3 Å². The first kappa shape index (κ1) is 14.1. The number of nitrogens with zero attached hydrogens (tertiary/aromatic N) is 1. The van der Waals surface area contributed by atoms with E-state index in [9.17, 15) is 9.59 Å². The fraction of sp³-hybridized carbons (Fsp3) is 0.333. The summed E-state index contributed by atoms with van der Waals surface area (Å²) in [6, 6.07) is 5.68. The van der Waals surface area contributed by atoms with Gasteiger partial charge in [0, 0.05) is 19.5 Å². The van der Waals surface area contributed by atoms with E-state index in [4.69, 9.17) is 4.74 Å². The van der Waals surface area contributed by atoms with Crippen LogP contribution in [0.15, 0.2) is 30.9 Å². The minimum absolute atomic E-state index is 0.0182. The summed E-state index contributed by atoms with van der Waals surface area (Å²) in [7, 11) is 0. The minimum atomic E-state index is -0.125. The van der Waals surface area contributed by atoms with E-state index >= 15 is 0 Å². The van der Waals surface area contributed by atoms with Gasteiger partial charge in [-0.2, -0.15) is 0 Å². The van der Waals surface area contributed by atoms with Crippen LogP contribution in [0.4, 0.5) is 5.69 Å². The van der Waals surface area contributed by atoms with Gasteiger partial charge in [0.25, 0.3) is 5.91 Å². The highest BCUT2D eigenvalue weighted by molar-refractivity contribution is 5.98. The maximum absolute atomic E-state index is 11.9. The van der Waals surface area contributed by atoms with Crippen molar-refractivity contribution in [3.8, 4) is 5.75 Å². The molecule has 2 rings (SSSR count). The maximum atomic E-state index is 11.9. The number of rotatable bonds is 5. The normalized spacial score (nSPS) is 13.4. The topological polar surface area (TPSA) is 58.6 Å². The van der Waals surface area contributed by atoms with E-state index in [0.717, 1.165) is 11.3 Å². The van der Waals surface area contributed by atoms with Crippen LogP contribution in [-0.2, 0) is 9.59 Å². The Balaban J connectivity index is 2.07. The number of amides is 2. The van der Waals surface area contributed by atoms with Crippen LogP contribution in [0.25, 0.3) is 0 Å². The summed E-state index contributed by atoms with van der Waals surface area (Å²) >= 11 is 0. The van der Waals surface area contributed by atoms with Crippen LogP contribution in [0, 0.1) is 6.92 Å². The Morgan fingerprint density at radius 1 is 1.55 bits per heavy atom. The van der Waals surface area contributed by atoms with Gasteiger partial charge in [0.15, 0.2) is 6.61 Å². The number of carbonyl (C=O) groups is 2. The number of hydrogen-bond acceptors (Lipinski definition) is 3. The summed E-state index contributed by atoms with van der Waals surface area (Å²) in [4.78, 5) is 25.2. The molecule has 0 spiro atoms. The summed E-state index contributed by atoms with van der Waals surface area (Å²) in [6.07, 6.45) is 1.88. The fourth-order valence-corrected chi connectivity index (χ4v) is 2.05. The number of ether oxygens (including phenoxy) is 1. The first-order valence-corrected chi connectivity index (χ1v) is 6.53. The van der Waals surface area contributed by atoms with Crippen molar-refractivity contribution in [2.45, 2.75) is 13.3 Å². The summed E-state index contributed by atoms with van der Waals surface area (Å²) in [5.74, 6) is 0.458. The third-order valence-corrected chi connectivity index (χ3v) is 3.06. The van der Waals surface area contributed by atoms with Crippen molar-refractivity contribution in [1.29, 1.82) is 0 Å². The molecule has 0 bridgehead atoms. The third-order valence-electron chi connectivity index (χ3n) is 3.06. The Morgan fingerprint density at radius 2 is 2.35 bits per heavy atom. The van der Waals surface area contributed by atoms with Gasteiger partial charge in [-0.3, -0.25) is 9.59 Å². The number of benzene rings is 1. The van der Waals surface area contributed by atoms with Crippen LogP contribution in [0.3, 0.4) is 0 Å². The molecule has 2 amide bonds. The highest BCUT2D eigenvalue weighted by atomic mass is 16.5. The molecule has 0 aliphatic carbocycles. The molecule has 5 nitrogen and oxygen atoms in total. The molecule has 1 N–H and O–H groups in total. The second-order valence-electron chi connectivity index (χ2n) is 4.65. The fourth-order valence-electron chi connectivity index (χ4n) is 2.05. The van der Waals surface area contributed by atoms with Crippen LogP contribution in [0.2, 0.25) is 0 Å². The summed E-state index contributed by atoms with van der Waals surface area (Å²) in [6.45, 7) is 6.29. The molecule has 1 aromatic carbocycles. The molecule has 106 valence electrons. The first-order valence-electron chi connectivity index (χ1n) is 6.53. The largest absolute Gasteiger partial charge is 0.482 e. The van der Waals surface area contributed by atoms with Gasteiger partial charge in [0.05, 0.1) is 5.69 Å². The quantitative estimate of drug-likeness (QED) is 0.826. The first-order chi connectivity index (χ1) is 9.61. The van der Waals surface area contributed by atoms with E-state index in [0.29, 0.717) is 18.8 Å². The lowest BCUT2D eigenvalue weighted by molar-refractivity contribution is -0.122. The zero-order valence-electron chi connectivity index (χ0n) is 11.5. The van der Waals surface area contributed by atoms with E-state index in [2.05, 4.69) is 11.9 Å². The van der Waals surface area contributed by atoms with Crippen LogP contribution < -0.4 is 15.0 Å². The molecular weight excluding hydrogens is 256 g/mol. The maximum Gasteiger partial charge on any atom is 0.265 e. The van der Waals surface area contributed by atoms with E-state index in [-0.39, 0.29) is 24.8 Å². The van der Waals surface area contributed by atoms with E-state index < -0.39 is 0 Å². The lowest BCUT2D eigenvalue weighted by Crippen LogP contribution is -2.41. The van der Waals surface area contributed by atoms with Crippen molar-refractivity contribution in [2.24, 2.45) is 0 Å². The summed E-state index contributed by atoms with van der Waals surface area (Å²) < 4.78 is 5.39. The van der Waals surface area contributed by atoms with Crippen molar-refractivity contribution in [1.82, 2.24) is 5.32 Å². The SMILES string of the molecule is C=CCNC(=O)CCN1C(=O)COc2ccc(C)cc21. The van der Waals surface area contributed by atoms with Gasteiger partial charge >= 0.3 is 0 Å². The molecule has 0 fully saturated rings. The summed E-state index contributed by atoms with van der Waals surface area (Å²) in [5, 5.41) is 2.70. The predicted molar refractivity (Wildman–Crippen MR) is 76.9 cm³/mol. The third kappa shape index (κ3) is 3.17. The molecule has 0 radical (unpaired) electrons. The van der Waals surface area contributed by atoms with E-state index in [1.165, 1.54) is 0 Å². The molecule has 20 heavy (non-hydrogen) atoms. The zero-order valence-corrected chi connectivity index (χ0v) is 11.5. The average Bonchev–Trinajstić information content (AvgIpc) is 2.44. The number of carbonyl (C=O) groups excluding carboxylic acids is 2. The molecule has 1 aliphatic heterocycles. The lowest BCUT2D eigenvalue weighted by atomic mass is 10.1. The molecule has 1 heterocycles. The number of anilines is 1. The molecule has 5 heteroatoms. The van der Waals surface area contributed by atoms with Crippen molar-refractivity contribution in [3.05, 3.63) is 36.4 Å². The predicted octanol–water partition coefficient (Wildman–Crippen LogP) is 1.41. The van der Waals surface area contributed by atoms with Crippen LogP contribution in [0.5, 0.6) is 5.75 Å². The van der Waals surface area contributed by atoms with E-state index in [1.54, 1.807) is 11.0 Å². The van der Waals surface area contributed by atoms with Gasteiger partial charge in [-0.05, 0) is 24.6 Å². The van der Waals surface area contributed by atoms with Crippen molar-refractivity contribution >= 4 is 17.5 Å². The number of aryl methyl sites for hydroxylation is 1. The number of nitrogens with one attached hydrogen (secondary N) is 1. The van der Waals surface area contributed by atoms with Gasteiger partial charge in [-0.1, -0.05) is 12.1 Å². The smallest absolute Gasteiger partial charge is 0.265 e. The second-order valence-corrected chi connectivity index (χ2v) is 4.65. The molecule has 0 aromatic heterocycles. The average molecular weight is 274 g/mol. The van der Waals surface area contributed by atoms with Gasteiger partial charge < -0.3 is 15.0 Å². The molecule has 1 aromatic rings. The number of fused-ring (bicyclic) bond motifs is 1. The minimum Gasteiger partial charge on any atom is -0.482 e. The Morgan fingerprint density at radius 3 is 3.10 bits per heavy atom. The Labute approximate surface area is 118 Å². The Hall–Kier alpha value is -2.30. The Bertz CT molecular complexity index is 540. The highest BCUT2D eigenvalue weighted by Crippen LogP contribution is 2.32. The van der Waals surface area contributed by atoms with Crippen molar-refractivity contribution in [2.75, 3.05) is 24.6 Å². The molecule has 0 saturated carbocycles. The second kappa shape index (κ2) is 6.23. The van der Waals surface area contributed by atoms with Gasteiger partial charge in [0.2, 0.25) is 5.91 Å². The number of hydrogen-bond donors (Lipinski definition) is 1. The van der Waals surface area contributed by atoms with Crippen LogP contribution >= 0.6 is 0 Å². The van der Waals surface area contributed by atoms with E-state index in [1.807, 2.05) is 25.1 Å². The lowest BCUT2D eigenvalue weighted by Gasteiger charge is -2.29. The monoisotopic (exact) mass is 274 g/mol. The molecule has 0 unspecified atom stereocenters. The zero-order chi connectivity index (χ0) is 14.5. The van der Waals surface area contributed by atoms with Crippen LogP contribution in [0.1, 0.15) is 12.0 Å². The highest BCUT2D eigenvalue weighted by Gasteiger charge is 2.25. The van der Waals surface area contributed by atoms with Crippen molar-refractivity contribution in [3.63, 3.8) is 0 Å². The van der Waals surface area contributed by atoms with Gasteiger partial charge in [-0.15, -0.1) is 6.58 Å². The molecular formula is C15H18N2O3. The molecule has 0 saturated heterocycles. The standard InChI is InChI=1S/C15H18N2O3/c1-3-7-16-14(18)6-8-17-12-9-11(2)4-5-13(12)20-10-15(17)19/h3-5,9H,1,6-8,10H2,2H3,(H,16,18). The Kier molecular flexibility index (Phi) is 4.40.